The SMILES string of the molecule is CN1CCC(N(C)Cc2ccccc2NC=O)CC1. The number of amides is 1. The van der Waals surface area contributed by atoms with E-state index in [0.717, 1.165) is 18.6 Å². The summed E-state index contributed by atoms with van der Waals surface area (Å²) < 4.78 is 0. The second kappa shape index (κ2) is 6.68. The number of carbonyl (C=O) groups is 1. The van der Waals surface area contributed by atoms with Gasteiger partial charge in [-0.05, 0) is 51.7 Å². The fourth-order valence-electron chi connectivity index (χ4n) is 2.70. The third kappa shape index (κ3) is 3.78. The van der Waals surface area contributed by atoms with Gasteiger partial charge >= 0.3 is 0 Å². The van der Waals surface area contributed by atoms with Crippen molar-refractivity contribution in [2.45, 2.75) is 25.4 Å². The molecule has 0 atom stereocenters. The number of benzene rings is 1. The molecule has 1 saturated heterocycles. The van der Waals surface area contributed by atoms with Crippen LogP contribution >= 0.6 is 0 Å². The van der Waals surface area contributed by atoms with Gasteiger partial charge in [0.1, 0.15) is 0 Å². The number of nitrogens with one attached hydrogen (secondary N) is 1. The topological polar surface area (TPSA) is 35.6 Å². The van der Waals surface area contributed by atoms with Crippen LogP contribution in [0, 0.1) is 0 Å². The lowest BCUT2D eigenvalue weighted by molar-refractivity contribution is -0.105. The fraction of sp³-hybridized carbons (Fsp3) is 0.533. The molecule has 1 fully saturated rings. The van der Waals surface area contributed by atoms with E-state index in [0.29, 0.717) is 6.04 Å². The molecule has 1 aromatic rings. The minimum absolute atomic E-state index is 0.639. The summed E-state index contributed by atoms with van der Waals surface area (Å²) in [5.41, 5.74) is 2.09. The van der Waals surface area contributed by atoms with Gasteiger partial charge in [-0.3, -0.25) is 9.69 Å². The molecular formula is C15H23N3O. The highest BCUT2D eigenvalue weighted by atomic mass is 16.1. The number of rotatable bonds is 5. The normalized spacial score (nSPS) is 17.6. The van der Waals surface area contributed by atoms with Crippen LogP contribution in [0.3, 0.4) is 0 Å². The number of hydrogen-bond donors (Lipinski definition) is 1. The summed E-state index contributed by atoms with van der Waals surface area (Å²) in [5, 5.41) is 2.78. The predicted octanol–water partition coefficient (Wildman–Crippen LogP) is 1.78. The van der Waals surface area contributed by atoms with Crippen molar-refractivity contribution >= 4 is 12.1 Å². The maximum Gasteiger partial charge on any atom is 0.211 e. The Bertz CT molecular complexity index is 414. The average molecular weight is 261 g/mol. The first-order chi connectivity index (χ1) is 9.20. The number of likely N-dealkylation sites (tertiary alicyclic amines) is 1. The lowest BCUT2D eigenvalue weighted by Crippen LogP contribution is -2.41. The molecule has 0 aliphatic carbocycles. The number of para-hydroxylation sites is 1. The molecule has 0 spiro atoms. The Morgan fingerprint density at radius 1 is 1.37 bits per heavy atom. The van der Waals surface area contributed by atoms with Crippen molar-refractivity contribution < 1.29 is 4.79 Å². The summed E-state index contributed by atoms with van der Waals surface area (Å²) >= 11 is 0. The second-order valence-electron chi connectivity index (χ2n) is 5.37. The third-order valence-electron chi connectivity index (χ3n) is 3.96. The molecule has 1 amide bonds. The Balaban J connectivity index is 1.98. The van der Waals surface area contributed by atoms with Crippen LogP contribution in [-0.2, 0) is 11.3 Å². The highest BCUT2D eigenvalue weighted by molar-refractivity contribution is 5.73. The number of piperidine rings is 1. The predicted molar refractivity (Wildman–Crippen MR) is 78.1 cm³/mol. The van der Waals surface area contributed by atoms with E-state index < -0.39 is 0 Å². The van der Waals surface area contributed by atoms with E-state index in [-0.39, 0.29) is 0 Å². The molecule has 19 heavy (non-hydrogen) atoms. The Morgan fingerprint density at radius 2 is 2.05 bits per heavy atom. The molecule has 104 valence electrons. The zero-order chi connectivity index (χ0) is 13.7. The van der Waals surface area contributed by atoms with Crippen LogP contribution in [0.1, 0.15) is 18.4 Å². The van der Waals surface area contributed by atoms with E-state index in [4.69, 9.17) is 0 Å². The van der Waals surface area contributed by atoms with Crippen molar-refractivity contribution in [3.8, 4) is 0 Å². The molecule has 0 aromatic heterocycles. The summed E-state index contributed by atoms with van der Waals surface area (Å²) in [6, 6.07) is 8.64. The highest BCUT2D eigenvalue weighted by Gasteiger charge is 2.20. The van der Waals surface area contributed by atoms with Crippen molar-refractivity contribution in [2.75, 3.05) is 32.5 Å². The van der Waals surface area contributed by atoms with Gasteiger partial charge in [0.2, 0.25) is 6.41 Å². The van der Waals surface area contributed by atoms with E-state index in [1.165, 1.54) is 31.5 Å². The van der Waals surface area contributed by atoms with Gasteiger partial charge in [-0.25, -0.2) is 0 Å². The molecule has 4 nitrogen and oxygen atoms in total. The minimum atomic E-state index is 0.639. The van der Waals surface area contributed by atoms with Gasteiger partial charge < -0.3 is 10.2 Å². The summed E-state index contributed by atoms with van der Waals surface area (Å²) in [7, 11) is 4.35. The number of nitrogens with zero attached hydrogens (tertiary/aromatic N) is 2. The van der Waals surface area contributed by atoms with E-state index >= 15 is 0 Å². The number of hydrogen-bond acceptors (Lipinski definition) is 3. The van der Waals surface area contributed by atoms with Crippen LogP contribution in [0.25, 0.3) is 0 Å². The molecule has 1 N–H and O–H groups in total. The fourth-order valence-corrected chi connectivity index (χ4v) is 2.70. The van der Waals surface area contributed by atoms with Gasteiger partial charge in [0.25, 0.3) is 0 Å². The van der Waals surface area contributed by atoms with Crippen molar-refractivity contribution in [2.24, 2.45) is 0 Å². The molecule has 4 heteroatoms. The third-order valence-corrected chi connectivity index (χ3v) is 3.96. The van der Waals surface area contributed by atoms with Crippen molar-refractivity contribution in [1.82, 2.24) is 9.80 Å². The van der Waals surface area contributed by atoms with Crippen molar-refractivity contribution in [1.29, 1.82) is 0 Å². The van der Waals surface area contributed by atoms with Gasteiger partial charge in [-0.1, -0.05) is 18.2 Å². The smallest absolute Gasteiger partial charge is 0.211 e. The van der Waals surface area contributed by atoms with Gasteiger partial charge in [0.15, 0.2) is 0 Å². The van der Waals surface area contributed by atoms with Crippen LogP contribution in [0.15, 0.2) is 24.3 Å². The first-order valence-corrected chi connectivity index (χ1v) is 6.87. The van der Waals surface area contributed by atoms with Gasteiger partial charge in [0, 0.05) is 18.3 Å². The Labute approximate surface area is 115 Å². The molecule has 2 rings (SSSR count). The van der Waals surface area contributed by atoms with Crippen LogP contribution < -0.4 is 5.32 Å². The largest absolute Gasteiger partial charge is 0.328 e. The quantitative estimate of drug-likeness (QED) is 0.821. The second-order valence-corrected chi connectivity index (χ2v) is 5.37. The zero-order valence-electron chi connectivity index (χ0n) is 11.8. The van der Waals surface area contributed by atoms with Crippen LogP contribution in [0.5, 0.6) is 0 Å². The summed E-state index contributed by atoms with van der Waals surface area (Å²) in [5.74, 6) is 0. The molecular weight excluding hydrogens is 238 g/mol. The number of anilines is 1. The van der Waals surface area contributed by atoms with E-state index in [1.807, 2.05) is 18.2 Å². The Morgan fingerprint density at radius 3 is 2.74 bits per heavy atom. The molecule has 1 heterocycles. The monoisotopic (exact) mass is 261 g/mol. The van der Waals surface area contributed by atoms with Gasteiger partial charge in [-0.15, -0.1) is 0 Å². The van der Waals surface area contributed by atoms with E-state index in [1.54, 1.807) is 0 Å². The summed E-state index contributed by atoms with van der Waals surface area (Å²) in [6.07, 6.45) is 3.18. The maximum atomic E-state index is 10.6. The Kier molecular flexibility index (Phi) is 4.93. The lowest BCUT2D eigenvalue weighted by Gasteiger charge is -2.35. The average Bonchev–Trinajstić information content (AvgIpc) is 2.42. The first-order valence-electron chi connectivity index (χ1n) is 6.87. The summed E-state index contributed by atoms with van der Waals surface area (Å²) in [4.78, 5) is 15.4. The van der Waals surface area contributed by atoms with Gasteiger partial charge in [-0.2, -0.15) is 0 Å². The van der Waals surface area contributed by atoms with Crippen LogP contribution in [0.4, 0.5) is 5.69 Å². The Hall–Kier alpha value is -1.39. The minimum Gasteiger partial charge on any atom is -0.328 e. The molecule has 1 aliphatic rings. The van der Waals surface area contributed by atoms with Gasteiger partial charge in [0.05, 0.1) is 0 Å². The maximum absolute atomic E-state index is 10.6. The molecule has 0 bridgehead atoms. The van der Waals surface area contributed by atoms with Crippen molar-refractivity contribution in [3.63, 3.8) is 0 Å². The number of carbonyl (C=O) groups excluding carboxylic acids is 1. The first kappa shape index (κ1) is 14.0. The molecule has 0 unspecified atom stereocenters. The zero-order valence-corrected chi connectivity index (χ0v) is 11.8. The van der Waals surface area contributed by atoms with Crippen LogP contribution in [0.2, 0.25) is 0 Å². The molecule has 0 saturated carbocycles. The highest BCUT2D eigenvalue weighted by Crippen LogP contribution is 2.20. The lowest BCUT2D eigenvalue weighted by atomic mass is 10.0. The van der Waals surface area contributed by atoms with Crippen molar-refractivity contribution in [3.05, 3.63) is 29.8 Å². The van der Waals surface area contributed by atoms with E-state index in [2.05, 4.69) is 35.3 Å². The summed E-state index contributed by atoms with van der Waals surface area (Å²) in [6.45, 7) is 3.22. The molecule has 0 radical (unpaired) electrons. The standard InChI is InChI=1S/C15H23N3O/c1-17-9-7-14(8-10-17)18(2)11-13-5-3-4-6-15(13)16-12-19/h3-6,12,14H,7-11H2,1-2H3,(H,16,19). The van der Waals surface area contributed by atoms with Crippen LogP contribution in [-0.4, -0.2) is 49.4 Å². The molecule has 1 aromatic carbocycles. The van der Waals surface area contributed by atoms with E-state index in [9.17, 15) is 4.79 Å². The molecule has 1 aliphatic heterocycles.